The van der Waals surface area contributed by atoms with Gasteiger partial charge < -0.3 is 19.9 Å². The maximum Gasteiger partial charge on any atom is 0.407 e. The highest BCUT2D eigenvalue weighted by molar-refractivity contribution is 5.80. The fourth-order valence-electron chi connectivity index (χ4n) is 4.67. The molecule has 0 spiro atoms. The summed E-state index contributed by atoms with van der Waals surface area (Å²) in [6.45, 7) is 6.20. The molecule has 164 valence electrons. The standard InChI is InChI=1S/C25H29NO5/c1-25(2,3)31-15-11-12-18-16-7-4-5-8-17(16)21(20(18)13-15)14-30-24(29)26-22-10-6-9-19(22)23(27)28/h4-5,7-8,11-13,19,21-22H,6,9-10,14H2,1-3H3,(H,26,29)(H,27,28)/t19-,21?,22-/m1/s1. The number of nitrogens with one attached hydrogen (secondary N) is 1. The molecule has 0 heterocycles. The summed E-state index contributed by atoms with van der Waals surface area (Å²) in [7, 11) is 0. The highest BCUT2D eigenvalue weighted by Gasteiger charge is 2.35. The highest BCUT2D eigenvalue weighted by Crippen LogP contribution is 2.46. The molecule has 1 amide bonds. The van der Waals surface area contributed by atoms with Gasteiger partial charge in [0.05, 0.1) is 5.92 Å². The number of rotatable bonds is 5. The van der Waals surface area contributed by atoms with E-state index < -0.39 is 18.0 Å². The smallest absolute Gasteiger partial charge is 0.407 e. The number of amides is 1. The SMILES string of the molecule is CC(C)(C)Oc1ccc2c(c1)C(COC(=O)N[C@@H]1CCC[C@H]1C(=O)O)c1ccccc1-2. The Hall–Kier alpha value is -3.02. The lowest BCUT2D eigenvalue weighted by molar-refractivity contribution is -0.142. The molecule has 2 aliphatic carbocycles. The maximum atomic E-state index is 12.5. The van der Waals surface area contributed by atoms with Gasteiger partial charge in [-0.3, -0.25) is 4.79 Å². The molecule has 4 rings (SSSR count). The zero-order chi connectivity index (χ0) is 22.2. The lowest BCUT2D eigenvalue weighted by Crippen LogP contribution is -2.40. The molecule has 0 aliphatic heterocycles. The molecule has 6 heteroatoms. The van der Waals surface area contributed by atoms with Crippen molar-refractivity contribution in [3.05, 3.63) is 53.6 Å². The topological polar surface area (TPSA) is 84.9 Å². The number of alkyl carbamates (subject to hydrolysis) is 1. The number of hydrogen-bond donors (Lipinski definition) is 2. The van der Waals surface area contributed by atoms with Crippen molar-refractivity contribution in [2.75, 3.05) is 6.61 Å². The minimum atomic E-state index is -0.868. The first-order chi connectivity index (χ1) is 14.7. The molecule has 2 aromatic rings. The van der Waals surface area contributed by atoms with Crippen molar-refractivity contribution in [2.45, 2.75) is 57.6 Å². The molecule has 0 radical (unpaired) electrons. The molecular formula is C25H29NO5. The molecule has 0 saturated heterocycles. The zero-order valence-electron chi connectivity index (χ0n) is 18.2. The molecule has 1 fully saturated rings. The monoisotopic (exact) mass is 423 g/mol. The number of ether oxygens (including phenoxy) is 2. The Bertz CT molecular complexity index is 994. The molecule has 0 aromatic heterocycles. The van der Waals surface area contributed by atoms with Gasteiger partial charge in [0.15, 0.2) is 0 Å². The Kier molecular flexibility index (Phi) is 5.65. The molecule has 1 unspecified atom stereocenters. The van der Waals surface area contributed by atoms with Gasteiger partial charge in [-0.2, -0.15) is 0 Å². The van der Waals surface area contributed by atoms with Crippen molar-refractivity contribution in [1.82, 2.24) is 5.32 Å². The summed E-state index contributed by atoms with van der Waals surface area (Å²) in [5, 5.41) is 12.1. The van der Waals surface area contributed by atoms with Gasteiger partial charge in [0.25, 0.3) is 0 Å². The molecule has 1 saturated carbocycles. The number of carbonyl (C=O) groups excluding carboxylic acids is 1. The number of carboxylic acids is 1. The molecule has 0 bridgehead atoms. The molecule has 6 nitrogen and oxygen atoms in total. The van der Waals surface area contributed by atoms with Crippen LogP contribution in [0.4, 0.5) is 4.79 Å². The van der Waals surface area contributed by atoms with Gasteiger partial charge >= 0.3 is 12.1 Å². The van der Waals surface area contributed by atoms with Gasteiger partial charge in [-0.1, -0.05) is 36.8 Å². The summed E-state index contributed by atoms with van der Waals surface area (Å²) in [5.41, 5.74) is 4.12. The van der Waals surface area contributed by atoms with E-state index in [0.29, 0.717) is 12.8 Å². The van der Waals surface area contributed by atoms with E-state index in [4.69, 9.17) is 9.47 Å². The van der Waals surface area contributed by atoms with E-state index in [9.17, 15) is 14.7 Å². The summed E-state index contributed by atoms with van der Waals surface area (Å²) in [6, 6.07) is 13.8. The third-order valence-electron chi connectivity index (χ3n) is 5.97. The molecular weight excluding hydrogens is 394 g/mol. The third-order valence-corrected chi connectivity index (χ3v) is 5.97. The summed E-state index contributed by atoms with van der Waals surface area (Å²) in [6.07, 6.45) is 1.47. The van der Waals surface area contributed by atoms with Gasteiger partial charge in [-0.25, -0.2) is 4.79 Å². The average Bonchev–Trinajstić information content (AvgIpc) is 3.27. The minimum absolute atomic E-state index is 0.0979. The Labute approximate surface area is 182 Å². The van der Waals surface area contributed by atoms with Gasteiger partial charge in [0.1, 0.15) is 18.0 Å². The van der Waals surface area contributed by atoms with E-state index in [1.54, 1.807) is 0 Å². The van der Waals surface area contributed by atoms with Gasteiger partial charge in [-0.05, 0) is 68.0 Å². The second-order valence-electron chi connectivity index (χ2n) is 9.33. The molecule has 31 heavy (non-hydrogen) atoms. The Morgan fingerprint density at radius 1 is 1.06 bits per heavy atom. The summed E-state index contributed by atoms with van der Waals surface area (Å²) < 4.78 is 11.6. The first-order valence-corrected chi connectivity index (χ1v) is 10.8. The lowest BCUT2D eigenvalue weighted by Gasteiger charge is -2.22. The van der Waals surface area contributed by atoms with E-state index in [0.717, 1.165) is 34.4 Å². The first-order valence-electron chi connectivity index (χ1n) is 10.8. The number of benzene rings is 2. The lowest BCUT2D eigenvalue weighted by atomic mass is 9.98. The summed E-state index contributed by atoms with van der Waals surface area (Å²) in [4.78, 5) is 23.8. The van der Waals surface area contributed by atoms with Crippen molar-refractivity contribution in [3.8, 4) is 16.9 Å². The average molecular weight is 424 g/mol. The van der Waals surface area contributed by atoms with Crippen LogP contribution in [-0.2, 0) is 9.53 Å². The first kappa shape index (κ1) is 21.2. The fourth-order valence-corrected chi connectivity index (χ4v) is 4.67. The quantitative estimate of drug-likeness (QED) is 0.710. The van der Waals surface area contributed by atoms with Crippen LogP contribution in [0.2, 0.25) is 0 Å². The zero-order valence-corrected chi connectivity index (χ0v) is 18.2. The largest absolute Gasteiger partial charge is 0.488 e. The molecule has 2 aromatic carbocycles. The number of fused-ring (bicyclic) bond motifs is 3. The second-order valence-corrected chi connectivity index (χ2v) is 9.33. The molecule has 2 N–H and O–H groups in total. The predicted molar refractivity (Wildman–Crippen MR) is 117 cm³/mol. The van der Waals surface area contributed by atoms with Crippen molar-refractivity contribution < 1.29 is 24.2 Å². The van der Waals surface area contributed by atoms with Crippen LogP contribution >= 0.6 is 0 Å². The Morgan fingerprint density at radius 3 is 2.55 bits per heavy atom. The van der Waals surface area contributed by atoms with Crippen LogP contribution in [0.5, 0.6) is 5.75 Å². The number of carboxylic acid groups (broad SMARTS) is 1. The van der Waals surface area contributed by atoms with Crippen molar-refractivity contribution in [2.24, 2.45) is 5.92 Å². The molecule has 2 aliphatic rings. The van der Waals surface area contributed by atoms with Crippen molar-refractivity contribution >= 4 is 12.1 Å². The van der Waals surface area contributed by atoms with Crippen LogP contribution in [0.3, 0.4) is 0 Å². The minimum Gasteiger partial charge on any atom is -0.488 e. The third kappa shape index (κ3) is 4.53. The van der Waals surface area contributed by atoms with E-state index in [1.165, 1.54) is 0 Å². The number of carbonyl (C=O) groups is 2. The maximum absolute atomic E-state index is 12.5. The van der Waals surface area contributed by atoms with Crippen LogP contribution < -0.4 is 10.1 Å². The summed E-state index contributed by atoms with van der Waals surface area (Å²) in [5.74, 6) is -0.728. The van der Waals surface area contributed by atoms with E-state index >= 15 is 0 Å². The van der Waals surface area contributed by atoms with Crippen molar-refractivity contribution in [1.29, 1.82) is 0 Å². The van der Waals surface area contributed by atoms with Crippen LogP contribution in [0.25, 0.3) is 11.1 Å². The summed E-state index contributed by atoms with van der Waals surface area (Å²) >= 11 is 0. The fraction of sp³-hybridized carbons (Fsp3) is 0.440. The van der Waals surface area contributed by atoms with E-state index in [2.05, 4.69) is 23.5 Å². The van der Waals surface area contributed by atoms with Crippen LogP contribution in [-0.4, -0.2) is 35.4 Å². The van der Waals surface area contributed by atoms with Crippen LogP contribution in [0.15, 0.2) is 42.5 Å². The highest BCUT2D eigenvalue weighted by atomic mass is 16.5. The predicted octanol–water partition coefficient (Wildman–Crippen LogP) is 4.96. The Morgan fingerprint density at radius 2 is 1.81 bits per heavy atom. The molecule has 3 atom stereocenters. The van der Waals surface area contributed by atoms with E-state index in [-0.39, 0.29) is 24.2 Å². The van der Waals surface area contributed by atoms with Gasteiger partial charge in [-0.15, -0.1) is 0 Å². The van der Waals surface area contributed by atoms with E-state index in [1.807, 2.05) is 45.0 Å². The number of hydrogen-bond acceptors (Lipinski definition) is 4. The van der Waals surface area contributed by atoms with Crippen LogP contribution in [0, 0.1) is 5.92 Å². The second kappa shape index (κ2) is 8.25. The Balaban J connectivity index is 1.51. The van der Waals surface area contributed by atoms with Gasteiger partial charge in [0, 0.05) is 12.0 Å². The normalized spacial score (nSPS) is 21.8. The van der Waals surface area contributed by atoms with Crippen molar-refractivity contribution in [3.63, 3.8) is 0 Å². The van der Waals surface area contributed by atoms with Crippen LogP contribution in [0.1, 0.15) is 57.1 Å². The number of aliphatic carboxylic acids is 1. The van der Waals surface area contributed by atoms with Gasteiger partial charge in [0.2, 0.25) is 0 Å².